The Morgan fingerprint density at radius 3 is 2.17 bits per heavy atom. The number of benzene rings is 2. The van der Waals surface area contributed by atoms with E-state index in [-0.39, 0.29) is 17.9 Å². The third-order valence-corrected chi connectivity index (χ3v) is 5.63. The number of amides is 2. The molecule has 0 bridgehead atoms. The maximum absolute atomic E-state index is 13.2. The van der Waals surface area contributed by atoms with Crippen molar-refractivity contribution in [3.63, 3.8) is 0 Å². The van der Waals surface area contributed by atoms with Crippen molar-refractivity contribution in [3.05, 3.63) is 71.8 Å². The van der Waals surface area contributed by atoms with Gasteiger partial charge in [0.25, 0.3) is 5.91 Å². The van der Waals surface area contributed by atoms with Gasteiger partial charge in [-0.2, -0.15) is 5.10 Å². The molecule has 0 radical (unpaired) electrons. The Bertz CT molecular complexity index is 890. The van der Waals surface area contributed by atoms with Crippen LogP contribution in [0.3, 0.4) is 0 Å². The molecule has 0 aromatic heterocycles. The zero-order valence-electron chi connectivity index (χ0n) is 16.7. The van der Waals surface area contributed by atoms with Gasteiger partial charge in [0, 0.05) is 39.5 Å². The Morgan fingerprint density at radius 2 is 1.55 bits per heavy atom. The van der Waals surface area contributed by atoms with Crippen LogP contribution < -0.4 is 0 Å². The molecule has 2 aliphatic rings. The van der Waals surface area contributed by atoms with Crippen molar-refractivity contribution in [2.45, 2.75) is 19.4 Å². The summed E-state index contributed by atoms with van der Waals surface area (Å²) in [5.41, 5.74) is 3.09. The number of hydrazone groups is 1. The van der Waals surface area contributed by atoms with E-state index in [1.54, 1.807) is 11.9 Å². The molecule has 2 amide bonds. The van der Waals surface area contributed by atoms with Crippen LogP contribution in [0.15, 0.2) is 65.8 Å². The minimum absolute atomic E-state index is 0.000981. The number of hydrogen-bond donors (Lipinski definition) is 0. The average Bonchev–Trinajstić information content (AvgIpc) is 3.21. The van der Waals surface area contributed by atoms with Gasteiger partial charge >= 0.3 is 0 Å². The molecule has 1 atom stereocenters. The van der Waals surface area contributed by atoms with E-state index in [9.17, 15) is 9.59 Å². The van der Waals surface area contributed by atoms with Crippen LogP contribution in [0.25, 0.3) is 0 Å². The standard InChI is InChI=1S/C23H26N4O2/c1-18(28)26-14-12-25(13-15-26)17-23(29)27-22(20-10-6-3-7-11-20)16-21(24-27)19-8-4-2-5-9-19/h2-11,22H,12-17H2,1H3/t22-/m1/s1. The van der Waals surface area contributed by atoms with Gasteiger partial charge in [-0.25, -0.2) is 5.01 Å². The largest absolute Gasteiger partial charge is 0.340 e. The fourth-order valence-electron chi connectivity index (χ4n) is 3.96. The average molecular weight is 390 g/mol. The first-order valence-corrected chi connectivity index (χ1v) is 10.1. The fraction of sp³-hybridized carbons (Fsp3) is 0.348. The molecule has 2 heterocycles. The molecule has 2 aromatic carbocycles. The molecule has 0 N–H and O–H groups in total. The van der Waals surface area contributed by atoms with Crippen LogP contribution in [-0.4, -0.2) is 65.1 Å². The molecule has 0 saturated carbocycles. The van der Waals surface area contributed by atoms with Crippen LogP contribution in [0.4, 0.5) is 0 Å². The molecule has 2 aromatic rings. The molecule has 150 valence electrons. The summed E-state index contributed by atoms with van der Waals surface area (Å²) in [7, 11) is 0. The summed E-state index contributed by atoms with van der Waals surface area (Å²) in [5, 5.41) is 6.40. The van der Waals surface area contributed by atoms with Crippen molar-refractivity contribution in [2.24, 2.45) is 5.10 Å². The normalized spacial score (nSPS) is 19.9. The molecule has 6 nitrogen and oxygen atoms in total. The Hall–Kier alpha value is -2.99. The van der Waals surface area contributed by atoms with Crippen molar-refractivity contribution >= 4 is 17.5 Å². The highest BCUT2D eigenvalue weighted by Gasteiger charge is 2.34. The maximum Gasteiger partial charge on any atom is 0.257 e. The highest BCUT2D eigenvalue weighted by atomic mass is 16.2. The first-order valence-electron chi connectivity index (χ1n) is 10.1. The predicted molar refractivity (Wildman–Crippen MR) is 112 cm³/mol. The highest BCUT2D eigenvalue weighted by molar-refractivity contribution is 6.03. The summed E-state index contributed by atoms with van der Waals surface area (Å²) in [6, 6.07) is 20.1. The van der Waals surface area contributed by atoms with E-state index in [2.05, 4.69) is 17.0 Å². The van der Waals surface area contributed by atoms with Crippen molar-refractivity contribution in [3.8, 4) is 0 Å². The summed E-state index contributed by atoms with van der Waals surface area (Å²) in [5.74, 6) is 0.0952. The van der Waals surface area contributed by atoms with Gasteiger partial charge in [-0.05, 0) is 11.1 Å². The molecular weight excluding hydrogens is 364 g/mol. The zero-order chi connectivity index (χ0) is 20.2. The van der Waals surface area contributed by atoms with E-state index < -0.39 is 0 Å². The van der Waals surface area contributed by atoms with E-state index in [0.29, 0.717) is 39.1 Å². The van der Waals surface area contributed by atoms with E-state index >= 15 is 0 Å². The van der Waals surface area contributed by atoms with Crippen molar-refractivity contribution in [1.29, 1.82) is 0 Å². The molecule has 0 aliphatic carbocycles. The van der Waals surface area contributed by atoms with Crippen LogP contribution in [0.5, 0.6) is 0 Å². The Morgan fingerprint density at radius 1 is 0.931 bits per heavy atom. The first kappa shape index (κ1) is 19.3. The lowest BCUT2D eigenvalue weighted by atomic mass is 9.98. The second-order valence-electron chi connectivity index (χ2n) is 7.56. The number of piperazine rings is 1. The summed E-state index contributed by atoms with van der Waals surface area (Å²) in [6.45, 7) is 4.68. The molecule has 6 heteroatoms. The molecule has 4 rings (SSSR count). The third-order valence-electron chi connectivity index (χ3n) is 5.63. The van der Waals surface area contributed by atoms with Gasteiger partial charge in [-0.15, -0.1) is 0 Å². The maximum atomic E-state index is 13.2. The fourth-order valence-corrected chi connectivity index (χ4v) is 3.96. The first-order chi connectivity index (χ1) is 14.1. The Balaban J connectivity index is 1.51. The smallest absolute Gasteiger partial charge is 0.257 e. The lowest BCUT2D eigenvalue weighted by Gasteiger charge is -2.34. The predicted octanol–water partition coefficient (Wildman–Crippen LogP) is 2.53. The van der Waals surface area contributed by atoms with Gasteiger partial charge < -0.3 is 4.90 Å². The lowest BCUT2D eigenvalue weighted by Crippen LogP contribution is -2.50. The molecule has 29 heavy (non-hydrogen) atoms. The van der Waals surface area contributed by atoms with Crippen LogP contribution in [0.1, 0.15) is 30.5 Å². The molecule has 0 spiro atoms. The minimum Gasteiger partial charge on any atom is -0.340 e. The quantitative estimate of drug-likeness (QED) is 0.806. The zero-order valence-corrected chi connectivity index (χ0v) is 16.7. The van der Waals surface area contributed by atoms with Crippen LogP contribution in [-0.2, 0) is 9.59 Å². The van der Waals surface area contributed by atoms with Gasteiger partial charge in [-0.1, -0.05) is 60.7 Å². The van der Waals surface area contributed by atoms with Crippen LogP contribution >= 0.6 is 0 Å². The van der Waals surface area contributed by atoms with Gasteiger partial charge in [0.05, 0.1) is 18.3 Å². The Labute approximate surface area is 171 Å². The topological polar surface area (TPSA) is 56.2 Å². The van der Waals surface area contributed by atoms with Gasteiger partial charge in [-0.3, -0.25) is 14.5 Å². The second kappa shape index (κ2) is 8.57. The number of carbonyl (C=O) groups excluding carboxylic acids is 2. The van der Waals surface area contributed by atoms with Gasteiger partial charge in [0.15, 0.2) is 0 Å². The second-order valence-corrected chi connectivity index (χ2v) is 7.56. The van der Waals surface area contributed by atoms with E-state index in [1.165, 1.54) is 0 Å². The molecular formula is C23H26N4O2. The van der Waals surface area contributed by atoms with Crippen molar-refractivity contribution < 1.29 is 9.59 Å². The number of carbonyl (C=O) groups is 2. The molecule has 1 saturated heterocycles. The Kier molecular flexibility index (Phi) is 5.71. The highest BCUT2D eigenvalue weighted by Crippen LogP contribution is 2.32. The molecule has 1 fully saturated rings. The number of nitrogens with zero attached hydrogens (tertiary/aromatic N) is 4. The summed E-state index contributed by atoms with van der Waals surface area (Å²) < 4.78 is 0. The monoisotopic (exact) mass is 390 g/mol. The van der Waals surface area contributed by atoms with Gasteiger partial charge in [0.1, 0.15) is 0 Å². The summed E-state index contributed by atoms with van der Waals surface area (Å²) >= 11 is 0. The minimum atomic E-state index is -0.0857. The lowest BCUT2D eigenvalue weighted by molar-refractivity contribution is -0.135. The number of rotatable bonds is 4. The van der Waals surface area contributed by atoms with Crippen molar-refractivity contribution in [1.82, 2.24) is 14.8 Å². The summed E-state index contributed by atoms with van der Waals surface area (Å²) in [6.07, 6.45) is 0.706. The van der Waals surface area contributed by atoms with Crippen LogP contribution in [0, 0.1) is 0 Å². The van der Waals surface area contributed by atoms with Gasteiger partial charge in [0.2, 0.25) is 5.91 Å². The van der Waals surface area contributed by atoms with E-state index in [0.717, 1.165) is 16.8 Å². The SMILES string of the molecule is CC(=O)N1CCN(CC(=O)N2N=C(c3ccccc3)C[C@@H]2c2ccccc2)CC1. The molecule has 2 aliphatic heterocycles. The van der Waals surface area contributed by atoms with Crippen molar-refractivity contribution in [2.75, 3.05) is 32.7 Å². The summed E-state index contributed by atoms with van der Waals surface area (Å²) in [4.78, 5) is 28.6. The van der Waals surface area contributed by atoms with E-state index in [1.807, 2.05) is 53.4 Å². The molecule has 0 unspecified atom stereocenters. The number of hydrogen-bond acceptors (Lipinski definition) is 4. The van der Waals surface area contributed by atoms with E-state index in [4.69, 9.17) is 5.10 Å². The van der Waals surface area contributed by atoms with Crippen LogP contribution in [0.2, 0.25) is 0 Å². The third kappa shape index (κ3) is 4.38.